The second-order valence-electron chi connectivity index (χ2n) is 6.32. The molecule has 0 amide bonds. The van der Waals surface area contributed by atoms with Gasteiger partial charge in [-0.2, -0.15) is 13.2 Å². The van der Waals surface area contributed by atoms with E-state index in [4.69, 9.17) is 0 Å². The fraction of sp³-hybridized carbons (Fsp3) is 0.625. The Morgan fingerprint density at radius 3 is 2.45 bits per heavy atom. The van der Waals surface area contributed by atoms with Crippen molar-refractivity contribution in [2.24, 2.45) is 11.3 Å². The largest absolute Gasteiger partial charge is 0.416 e. The minimum Gasteiger partial charge on any atom is -0.310 e. The number of rotatable bonds is 5. The zero-order valence-electron chi connectivity index (χ0n) is 11.6. The Morgan fingerprint density at radius 1 is 1.25 bits per heavy atom. The van der Waals surface area contributed by atoms with Crippen LogP contribution >= 0.6 is 0 Å². The SMILES string of the molecule is CC(NCC1(C2CC2)CC1)c1ccccc1C(F)(F)F. The highest BCUT2D eigenvalue weighted by molar-refractivity contribution is 5.32. The minimum atomic E-state index is -4.28. The first-order chi connectivity index (χ1) is 9.42. The maximum atomic E-state index is 13.0. The molecule has 1 atom stereocenters. The standard InChI is InChI=1S/C16H20F3N/c1-11(20-10-15(8-9-15)12-6-7-12)13-4-2-3-5-14(13)16(17,18)19/h2-5,11-12,20H,6-10H2,1H3. The molecule has 1 aromatic carbocycles. The quantitative estimate of drug-likeness (QED) is 0.836. The molecule has 3 rings (SSSR count). The van der Waals surface area contributed by atoms with Gasteiger partial charge in [0.2, 0.25) is 0 Å². The van der Waals surface area contributed by atoms with Crippen molar-refractivity contribution in [1.29, 1.82) is 0 Å². The van der Waals surface area contributed by atoms with Crippen LogP contribution in [0.25, 0.3) is 0 Å². The van der Waals surface area contributed by atoms with Crippen molar-refractivity contribution in [3.63, 3.8) is 0 Å². The molecule has 0 spiro atoms. The van der Waals surface area contributed by atoms with E-state index in [1.165, 1.54) is 37.8 Å². The highest BCUT2D eigenvalue weighted by Gasteiger charge is 2.53. The molecule has 0 aliphatic heterocycles. The fourth-order valence-electron chi connectivity index (χ4n) is 3.18. The van der Waals surface area contributed by atoms with Crippen LogP contribution in [-0.2, 0) is 6.18 Å². The van der Waals surface area contributed by atoms with Crippen molar-refractivity contribution in [2.45, 2.75) is 44.8 Å². The number of alkyl halides is 3. The van der Waals surface area contributed by atoms with Crippen LogP contribution in [0.5, 0.6) is 0 Å². The van der Waals surface area contributed by atoms with Gasteiger partial charge in [0.1, 0.15) is 0 Å². The summed E-state index contributed by atoms with van der Waals surface area (Å²) in [5, 5.41) is 3.34. The molecule has 0 bridgehead atoms. The van der Waals surface area contributed by atoms with Gasteiger partial charge in [0.15, 0.2) is 0 Å². The van der Waals surface area contributed by atoms with E-state index in [2.05, 4.69) is 5.32 Å². The summed E-state index contributed by atoms with van der Waals surface area (Å²) in [6.45, 7) is 2.68. The van der Waals surface area contributed by atoms with Crippen LogP contribution in [0.1, 0.15) is 49.8 Å². The molecule has 0 radical (unpaired) electrons. The van der Waals surface area contributed by atoms with Gasteiger partial charge in [-0.15, -0.1) is 0 Å². The van der Waals surface area contributed by atoms with Gasteiger partial charge in [-0.1, -0.05) is 18.2 Å². The van der Waals surface area contributed by atoms with Gasteiger partial charge < -0.3 is 5.32 Å². The Bertz CT molecular complexity index is 487. The van der Waals surface area contributed by atoms with Gasteiger partial charge in [-0.25, -0.2) is 0 Å². The van der Waals surface area contributed by atoms with Crippen LogP contribution in [0.2, 0.25) is 0 Å². The lowest BCUT2D eigenvalue weighted by Gasteiger charge is -2.22. The van der Waals surface area contributed by atoms with Gasteiger partial charge in [0.05, 0.1) is 5.56 Å². The second kappa shape index (κ2) is 4.76. The molecule has 0 aromatic heterocycles. The first kappa shape index (κ1) is 13.9. The summed E-state index contributed by atoms with van der Waals surface area (Å²) in [6.07, 6.45) is 0.793. The third-order valence-corrected chi connectivity index (χ3v) is 4.83. The lowest BCUT2D eigenvalue weighted by atomic mass is 9.97. The van der Waals surface area contributed by atoms with Crippen molar-refractivity contribution in [3.05, 3.63) is 35.4 Å². The Kier molecular flexibility index (Phi) is 3.32. The second-order valence-corrected chi connectivity index (χ2v) is 6.32. The normalized spacial score (nSPS) is 22.6. The van der Waals surface area contributed by atoms with Crippen molar-refractivity contribution < 1.29 is 13.2 Å². The maximum absolute atomic E-state index is 13.0. The molecule has 1 N–H and O–H groups in total. The van der Waals surface area contributed by atoms with Crippen LogP contribution in [0.4, 0.5) is 13.2 Å². The fourth-order valence-corrected chi connectivity index (χ4v) is 3.18. The lowest BCUT2D eigenvalue weighted by Crippen LogP contribution is -2.29. The third kappa shape index (κ3) is 2.71. The van der Waals surface area contributed by atoms with Crippen LogP contribution in [-0.4, -0.2) is 6.54 Å². The zero-order valence-corrected chi connectivity index (χ0v) is 11.6. The molecule has 2 fully saturated rings. The average molecular weight is 283 g/mol. The number of nitrogens with one attached hydrogen (secondary N) is 1. The molecule has 2 aliphatic rings. The van der Waals surface area contributed by atoms with Gasteiger partial charge in [-0.05, 0) is 55.6 Å². The number of halogens is 3. The molecule has 20 heavy (non-hydrogen) atoms. The molecule has 1 aromatic rings. The summed E-state index contributed by atoms with van der Waals surface area (Å²) < 4.78 is 39.0. The Morgan fingerprint density at radius 2 is 1.90 bits per heavy atom. The smallest absolute Gasteiger partial charge is 0.310 e. The molecule has 1 unspecified atom stereocenters. The topological polar surface area (TPSA) is 12.0 Å². The minimum absolute atomic E-state index is 0.260. The zero-order chi connectivity index (χ0) is 14.4. The monoisotopic (exact) mass is 283 g/mol. The van der Waals surface area contributed by atoms with Gasteiger partial charge in [0.25, 0.3) is 0 Å². The van der Waals surface area contributed by atoms with E-state index in [-0.39, 0.29) is 6.04 Å². The Hall–Kier alpha value is -1.03. The molecule has 110 valence electrons. The van der Waals surface area contributed by atoms with E-state index in [0.717, 1.165) is 12.5 Å². The van der Waals surface area contributed by atoms with Crippen molar-refractivity contribution >= 4 is 0 Å². The lowest BCUT2D eigenvalue weighted by molar-refractivity contribution is -0.138. The molecule has 4 heteroatoms. The summed E-state index contributed by atoms with van der Waals surface area (Å²) in [7, 11) is 0. The van der Waals surface area contributed by atoms with Crippen molar-refractivity contribution in [1.82, 2.24) is 5.32 Å². The van der Waals surface area contributed by atoms with Crippen LogP contribution in [0.3, 0.4) is 0 Å². The van der Waals surface area contributed by atoms with E-state index in [1.54, 1.807) is 12.1 Å². The molecular formula is C16H20F3N. The van der Waals surface area contributed by atoms with E-state index in [9.17, 15) is 13.2 Å². The van der Waals surface area contributed by atoms with Gasteiger partial charge in [-0.3, -0.25) is 0 Å². The molecule has 0 heterocycles. The summed E-state index contributed by atoms with van der Waals surface area (Å²) in [5.41, 5.74) is 0.240. The van der Waals surface area contributed by atoms with Crippen LogP contribution in [0.15, 0.2) is 24.3 Å². The number of benzene rings is 1. The highest BCUT2D eigenvalue weighted by atomic mass is 19.4. The van der Waals surface area contributed by atoms with Gasteiger partial charge >= 0.3 is 6.18 Å². The first-order valence-corrected chi connectivity index (χ1v) is 7.32. The molecular weight excluding hydrogens is 263 g/mol. The van der Waals surface area contributed by atoms with E-state index >= 15 is 0 Å². The van der Waals surface area contributed by atoms with E-state index in [0.29, 0.717) is 11.0 Å². The molecule has 0 saturated heterocycles. The van der Waals surface area contributed by atoms with Crippen LogP contribution < -0.4 is 5.32 Å². The number of hydrogen-bond acceptors (Lipinski definition) is 1. The molecule has 2 aliphatic carbocycles. The Labute approximate surface area is 117 Å². The third-order valence-electron chi connectivity index (χ3n) is 4.83. The van der Waals surface area contributed by atoms with Crippen molar-refractivity contribution in [3.8, 4) is 0 Å². The maximum Gasteiger partial charge on any atom is 0.416 e. The highest BCUT2D eigenvalue weighted by Crippen LogP contribution is 2.61. The average Bonchev–Trinajstić information content (AvgIpc) is 3.27. The summed E-state index contributed by atoms with van der Waals surface area (Å²) >= 11 is 0. The Balaban J connectivity index is 1.69. The van der Waals surface area contributed by atoms with E-state index in [1.807, 2.05) is 6.92 Å². The first-order valence-electron chi connectivity index (χ1n) is 7.32. The van der Waals surface area contributed by atoms with Gasteiger partial charge in [0, 0.05) is 12.6 Å². The summed E-state index contributed by atoms with van der Waals surface area (Å²) in [5.74, 6) is 0.819. The van der Waals surface area contributed by atoms with Crippen molar-refractivity contribution in [2.75, 3.05) is 6.54 Å². The predicted octanol–water partition coefficient (Wildman–Crippen LogP) is 4.55. The predicted molar refractivity (Wildman–Crippen MR) is 72.3 cm³/mol. The molecule has 2 saturated carbocycles. The van der Waals surface area contributed by atoms with E-state index < -0.39 is 11.7 Å². The molecule has 1 nitrogen and oxygen atoms in total. The number of hydrogen-bond donors (Lipinski definition) is 1. The summed E-state index contributed by atoms with van der Waals surface area (Å²) in [4.78, 5) is 0. The summed E-state index contributed by atoms with van der Waals surface area (Å²) in [6, 6.07) is 5.62. The van der Waals surface area contributed by atoms with Crippen LogP contribution in [0, 0.1) is 11.3 Å².